The molecule has 1 aromatic heterocycles. The molecule has 0 unspecified atom stereocenters. The molecule has 0 bridgehead atoms. The summed E-state index contributed by atoms with van der Waals surface area (Å²) in [5.41, 5.74) is 4.07. The lowest BCUT2D eigenvalue weighted by molar-refractivity contribution is 0.288. The van der Waals surface area contributed by atoms with E-state index in [1.165, 1.54) is 10.9 Å². The molecular weight excluding hydrogens is 392 g/mol. The van der Waals surface area contributed by atoms with Gasteiger partial charge in [-0.2, -0.15) is 14.9 Å². The summed E-state index contributed by atoms with van der Waals surface area (Å²) in [7, 11) is 0. The number of nitrogens with zero attached hydrogens (tertiary/aromatic N) is 3. The summed E-state index contributed by atoms with van der Waals surface area (Å²) in [5, 5.41) is 8.30. The average molecular weight is 413 g/mol. The smallest absolute Gasteiger partial charge is 0.292 e. The Hall–Kier alpha value is -3.32. The highest BCUT2D eigenvalue weighted by Crippen LogP contribution is 2.28. The molecule has 0 radical (unpaired) electrons. The van der Waals surface area contributed by atoms with Crippen molar-refractivity contribution in [1.82, 2.24) is 9.78 Å². The first kappa shape index (κ1) is 20.4. The lowest BCUT2D eigenvalue weighted by Gasteiger charge is -2.11. The van der Waals surface area contributed by atoms with Crippen molar-refractivity contribution in [3.8, 4) is 17.2 Å². The summed E-state index contributed by atoms with van der Waals surface area (Å²) in [6.07, 6.45) is 3.05. The average Bonchev–Trinajstić information content (AvgIpc) is 2.74. The van der Waals surface area contributed by atoms with Crippen LogP contribution in [-0.2, 0) is 0 Å². The van der Waals surface area contributed by atoms with Crippen LogP contribution in [0.1, 0.15) is 19.4 Å². The molecule has 0 aliphatic carbocycles. The van der Waals surface area contributed by atoms with Gasteiger partial charge in [-0.1, -0.05) is 29.8 Å². The maximum atomic E-state index is 12.5. The summed E-state index contributed by atoms with van der Waals surface area (Å²) >= 11 is 6.21. The van der Waals surface area contributed by atoms with E-state index in [0.29, 0.717) is 36.1 Å². The monoisotopic (exact) mass is 412 g/mol. The normalized spacial score (nSPS) is 10.9. The van der Waals surface area contributed by atoms with E-state index in [1.54, 1.807) is 18.3 Å². The molecule has 1 heterocycles. The summed E-state index contributed by atoms with van der Waals surface area (Å²) in [4.78, 5) is 12.5. The van der Waals surface area contributed by atoms with Crippen LogP contribution in [0.5, 0.6) is 11.5 Å². The van der Waals surface area contributed by atoms with E-state index in [-0.39, 0.29) is 5.02 Å². The number of ether oxygens (including phenoxy) is 2. The number of aromatic nitrogens is 2. The summed E-state index contributed by atoms with van der Waals surface area (Å²) < 4.78 is 12.4. The summed E-state index contributed by atoms with van der Waals surface area (Å²) in [6.45, 7) is 4.90. The lowest BCUT2D eigenvalue weighted by Crippen LogP contribution is -2.22. The second-order valence-corrected chi connectivity index (χ2v) is 6.24. The molecule has 0 aliphatic rings. The largest absolute Gasteiger partial charge is 0.490 e. The number of hydrogen-bond donors (Lipinski definition) is 1. The van der Waals surface area contributed by atoms with Crippen LogP contribution in [-0.4, -0.2) is 29.2 Å². The summed E-state index contributed by atoms with van der Waals surface area (Å²) in [5.74, 6) is 1.32. The van der Waals surface area contributed by atoms with Crippen LogP contribution in [0.25, 0.3) is 5.69 Å². The highest BCUT2D eigenvalue weighted by atomic mass is 35.5. The van der Waals surface area contributed by atoms with Crippen LogP contribution in [0.3, 0.4) is 0 Å². The van der Waals surface area contributed by atoms with Crippen molar-refractivity contribution < 1.29 is 9.47 Å². The van der Waals surface area contributed by atoms with Crippen LogP contribution in [0.15, 0.2) is 64.6 Å². The first-order valence-corrected chi connectivity index (χ1v) is 9.53. The van der Waals surface area contributed by atoms with Crippen LogP contribution < -0.4 is 20.5 Å². The van der Waals surface area contributed by atoms with E-state index in [9.17, 15) is 4.79 Å². The maximum absolute atomic E-state index is 12.5. The molecule has 29 heavy (non-hydrogen) atoms. The van der Waals surface area contributed by atoms with E-state index in [2.05, 4.69) is 15.6 Å². The fourth-order valence-electron chi connectivity index (χ4n) is 2.59. The van der Waals surface area contributed by atoms with Crippen LogP contribution in [0, 0.1) is 0 Å². The van der Waals surface area contributed by atoms with Crippen molar-refractivity contribution in [2.75, 3.05) is 18.6 Å². The lowest BCUT2D eigenvalue weighted by atomic mass is 10.2. The number of hydrazone groups is 1. The Morgan fingerprint density at radius 3 is 2.55 bits per heavy atom. The quantitative estimate of drug-likeness (QED) is 0.444. The Labute approximate surface area is 173 Å². The minimum atomic E-state index is -0.433. The topological polar surface area (TPSA) is 77.7 Å². The maximum Gasteiger partial charge on any atom is 0.292 e. The molecule has 0 atom stereocenters. The van der Waals surface area contributed by atoms with E-state index < -0.39 is 5.56 Å². The van der Waals surface area contributed by atoms with Crippen molar-refractivity contribution in [3.05, 3.63) is 75.7 Å². The molecule has 8 heteroatoms. The van der Waals surface area contributed by atoms with E-state index in [0.717, 1.165) is 5.56 Å². The van der Waals surface area contributed by atoms with Crippen molar-refractivity contribution >= 4 is 23.5 Å². The van der Waals surface area contributed by atoms with Crippen molar-refractivity contribution in [1.29, 1.82) is 0 Å². The van der Waals surface area contributed by atoms with Gasteiger partial charge in [-0.25, -0.2) is 0 Å². The van der Waals surface area contributed by atoms with Crippen molar-refractivity contribution in [3.63, 3.8) is 0 Å². The molecule has 3 rings (SSSR count). The highest BCUT2D eigenvalue weighted by molar-refractivity contribution is 6.32. The Bertz CT molecular complexity index is 1050. The number of para-hydroxylation sites is 1. The zero-order valence-electron chi connectivity index (χ0n) is 16.1. The number of rotatable bonds is 8. The van der Waals surface area contributed by atoms with Crippen molar-refractivity contribution in [2.45, 2.75) is 13.8 Å². The van der Waals surface area contributed by atoms with Crippen LogP contribution >= 0.6 is 11.6 Å². The number of benzene rings is 2. The van der Waals surface area contributed by atoms with Gasteiger partial charge >= 0.3 is 0 Å². The predicted molar refractivity (Wildman–Crippen MR) is 115 cm³/mol. The van der Waals surface area contributed by atoms with Gasteiger partial charge in [0.05, 0.1) is 31.3 Å². The first-order valence-electron chi connectivity index (χ1n) is 9.16. The number of hydrogen-bond acceptors (Lipinski definition) is 6. The zero-order valence-corrected chi connectivity index (χ0v) is 16.9. The van der Waals surface area contributed by atoms with Gasteiger partial charge in [0.2, 0.25) is 0 Å². The van der Waals surface area contributed by atoms with Crippen LogP contribution in [0.2, 0.25) is 5.02 Å². The van der Waals surface area contributed by atoms with Gasteiger partial charge < -0.3 is 9.47 Å². The first-order chi connectivity index (χ1) is 14.1. The van der Waals surface area contributed by atoms with Gasteiger partial charge in [-0.15, -0.1) is 0 Å². The second kappa shape index (κ2) is 9.75. The Kier molecular flexibility index (Phi) is 6.86. The fourth-order valence-corrected chi connectivity index (χ4v) is 2.76. The number of halogens is 1. The SMILES string of the molecule is CCOc1ccc(/C=N/Nc2cnn(-c3ccccc3)c(=O)c2Cl)cc1OCC. The predicted octanol–water partition coefficient (Wildman–Crippen LogP) is 4.13. The number of anilines is 1. The Morgan fingerprint density at radius 2 is 1.83 bits per heavy atom. The molecule has 150 valence electrons. The highest BCUT2D eigenvalue weighted by Gasteiger charge is 2.10. The van der Waals surface area contributed by atoms with Gasteiger partial charge in [0.15, 0.2) is 11.5 Å². The van der Waals surface area contributed by atoms with Gasteiger partial charge in [-0.3, -0.25) is 10.2 Å². The fraction of sp³-hybridized carbons (Fsp3) is 0.190. The van der Waals surface area contributed by atoms with Gasteiger partial charge in [0.1, 0.15) is 10.7 Å². The molecule has 2 aromatic carbocycles. The standard InChI is InChI=1S/C21H21ClN4O3/c1-3-28-18-11-10-15(12-19(18)29-4-2)13-23-25-17-14-24-26(21(27)20(17)22)16-8-6-5-7-9-16/h5-14,25H,3-4H2,1-2H3/b23-13+. The molecular formula is C21H21ClN4O3. The molecule has 0 saturated heterocycles. The molecule has 0 amide bonds. The molecule has 0 saturated carbocycles. The third kappa shape index (κ3) is 4.94. The van der Waals surface area contributed by atoms with E-state index in [4.69, 9.17) is 21.1 Å². The van der Waals surface area contributed by atoms with Gasteiger partial charge in [0.25, 0.3) is 5.56 Å². The summed E-state index contributed by atoms with van der Waals surface area (Å²) in [6, 6.07) is 14.6. The third-order valence-electron chi connectivity index (χ3n) is 3.89. The van der Waals surface area contributed by atoms with Gasteiger partial charge in [0, 0.05) is 0 Å². The molecule has 0 aliphatic heterocycles. The minimum Gasteiger partial charge on any atom is -0.490 e. The Morgan fingerprint density at radius 1 is 1.10 bits per heavy atom. The Balaban J connectivity index is 1.78. The zero-order chi connectivity index (χ0) is 20.6. The second-order valence-electron chi connectivity index (χ2n) is 5.87. The van der Waals surface area contributed by atoms with E-state index in [1.807, 2.05) is 50.2 Å². The minimum absolute atomic E-state index is 0.00250. The van der Waals surface area contributed by atoms with Crippen molar-refractivity contribution in [2.24, 2.45) is 5.10 Å². The molecule has 0 fully saturated rings. The van der Waals surface area contributed by atoms with E-state index >= 15 is 0 Å². The number of nitrogens with one attached hydrogen (secondary N) is 1. The van der Waals surface area contributed by atoms with Gasteiger partial charge in [-0.05, 0) is 49.7 Å². The molecule has 7 nitrogen and oxygen atoms in total. The molecule has 3 aromatic rings. The third-order valence-corrected chi connectivity index (χ3v) is 4.25. The van der Waals surface area contributed by atoms with Crippen LogP contribution in [0.4, 0.5) is 5.69 Å². The molecule has 0 spiro atoms. The molecule has 1 N–H and O–H groups in total.